The highest BCUT2D eigenvalue weighted by Gasteiger charge is 2.29. The van der Waals surface area contributed by atoms with Gasteiger partial charge in [0.15, 0.2) is 0 Å². The van der Waals surface area contributed by atoms with Crippen molar-refractivity contribution in [3.05, 3.63) is 35.6 Å². The Hall–Kier alpha value is -0.930. The standard InChI is InChI=1S/C14H21FN2/c1-2-9-17-10-3-4-13(16)14(17)11-5-7-12(15)8-6-11/h5-8,13-14H,2-4,9-10,16H2,1H3. The molecule has 1 fully saturated rings. The zero-order valence-electron chi connectivity index (χ0n) is 10.4. The van der Waals surface area contributed by atoms with Gasteiger partial charge < -0.3 is 5.73 Å². The lowest BCUT2D eigenvalue weighted by Crippen LogP contribution is -2.46. The maximum atomic E-state index is 13.0. The summed E-state index contributed by atoms with van der Waals surface area (Å²) in [5, 5.41) is 0. The van der Waals surface area contributed by atoms with Crippen molar-refractivity contribution in [1.29, 1.82) is 0 Å². The first-order chi connectivity index (χ1) is 8.22. The highest BCUT2D eigenvalue weighted by molar-refractivity contribution is 5.22. The van der Waals surface area contributed by atoms with E-state index in [0.29, 0.717) is 0 Å². The van der Waals surface area contributed by atoms with Crippen molar-refractivity contribution in [2.24, 2.45) is 5.73 Å². The number of likely N-dealkylation sites (tertiary alicyclic amines) is 1. The first-order valence-electron chi connectivity index (χ1n) is 6.47. The smallest absolute Gasteiger partial charge is 0.123 e. The van der Waals surface area contributed by atoms with Crippen molar-refractivity contribution in [1.82, 2.24) is 4.90 Å². The van der Waals surface area contributed by atoms with Crippen LogP contribution in [0.1, 0.15) is 37.8 Å². The molecular formula is C14H21FN2. The second-order valence-electron chi connectivity index (χ2n) is 4.84. The van der Waals surface area contributed by atoms with Gasteiger partial charge in [-0.1, -0.05) is 19.1 Å². The first kappa shape index (κ1) is 12.5. The summed E-state index contributed by atoms with van der Waals surface area (Å²) >= 11 is 0. The molecular weight excluding hydrogens is 215 g/mol. The van der Waals surface area contributed by atoms with E-state index in [4.69, 9.17) is 5.73 Å². The van der Waals surface area contributed by atoms with Gasteiger partial charge in [0.25, 0.3) is 0 Å². The van der Waals surface area contributed by atoms with Crippen molar-refractivity contribution in [3.8, 4) is 0 Å². The second kappa shape index (κ2) is 5.61. The first-order valence-corrected chi connectivity index (χ1v) is 6.47. The second-order valence-corrected chi connectivity index (χ2v) is 4.84. The fourth-order valence-electron chi connectivity index (χ4n) is 2.75. The molecule has 1 aliphatic heterocycles. The Labute approximate surface area is 103 Å². The summed E-state index contributed by atoms with van der Waals surface area (Å²) in [7, 11) is 0. The van der Waals surface area contributed by atoms with Crippen molar-refractivity contribution in [2.75, 3.05) is 13.1 Å². The summed E-state index contributed by atoms with van der Waals surface area (Å²) < 4.78 is 13.0. The number of nitrogens with zero attached hydrogens (tertiary/aromatic N) is 1. The van der Waals surface area contributed by atoms with Crippen molar-refractivity contribution in [3.63, 3.8) is 0 Å². The molecule has 1 aliphatic rings. The van der Waals surface area contributed by atoms with Crippen LogP contribution in [-0.4, -0.2) is 24.0 Å². The minimum absolute atomic E-state index is 0.167. The number of halogens is 1. The Morgan fingerprint density at radius 2 is 2.06 bits per heavy atom. The van der Waals surface area contributed by atoms with Crippen molar-refractivity contribution >= 4 is 0 Å². The lowest BCUT2D eigenvalue weighted by Gasteiger charge is -2.40. The van der Waals surface area contributed by atoms with Crippen molar-refractivity contribution in [2.45, 2.75) is 38.3 Å². The molecule has 1 saturated heterocycles. The lowest BCUT2D eigenvalue weighted by atomic mass is 9.91. The van der Waals surface area contributed by atoms with E-state index in [1.807, 2.05) is 12.1 Å². The third-order valence-electron chi connectivity index (χ3n) is 3.50. The summed E-state index contributed by atoms with van der Waals surface area (Å²) in [6, 6.07) is 7.22. The Balaban J connectivity index is 2.21. The molecule has 0 aromatic heterocycles. The van der Waals surface area contributed by atoms with E-state index < -0.39 is 0 Å². The summed E-state index contributed by atoms with van der Waals surface area (Å²) in [4.78, 5) is 2.43. The number of benzene rings is 1. The van der Waals surface area contributed by atoms with E-state index in [9.17, 15) is 4.39 Å². The van der Waals surface area contributed by atoms with Gasteiger partial charge in [0, 0.05) is 12.1 Å². The highest BCUT2D eigenvalue weighted by atomic mass is 19.1. The van der Waals surface area contributed by atoms with Crippen LogP contribution in [0.3, 0.4) is 0 Å². The third-order valence-corrected chi connectivity index (χ3v) is 3.50. The van der Waals surface area contributed by atoms with Crippen LogP contribution in [0.15, 0.2) is 24.3 Å². The molecule has 2 unspecified atom stereocenters. The van der Waals surface area contributed by atoms with E-state index in [-0.39, 0.29) is 17.9 Å². The van der Waals surface area contributed by atoms with Gasteiger partial charge in [-0.25, -0.2) is 4.39 Å². The number of nitrogens with two attached hydrogens (primary N) is 1. The van der Waals surface area contributed by atoms with Crippen molar-refractivity contribution < 1.29 is 4.39 Å². The zero-order valence-corrected chi connectivity index (χ0v) is 10.4. The van der Waals surface area contributed by atoms with Gasteiger partial charge in [-0.3, -0.25) is 4.90 Å². The molecule has 1 aromatic rings. The molecule has 17 heavy (non-hydrogen) atoms. The van der Waals surface area contributed by atoms with Crippen LogP contribution in [0, 0.1) is 5.82 Å². The average Bonchev–Trinajstić information content (AvgIpc) is 2.32. The van der Waals surface area contributed by atoms with Crippen LogP contribution >= 0.6 is 0 Å². The Kier molecular flexibility index (Phi) is 4.13. The van der Waals surface area contributed by atoms with Gasteiger partial charge in [0.1, 0.15) is 5.82 Å². The number of rotatable bonds is 3. The van der Waals surface area contributed by atoms with Gasteiger partial charge in [-0.2, -0.15) is 0 Å². The van der Waals surface area contributed by atoms with Crippen LogP contribution in [0.4, 0.5) is 4.39 Å². The SMILES string of the molecule is CCCN1CCCC(N)C1c1ccc(F)cc1. The van der Waals surface area contributed by atoms with Gasteiger partial charge in [0.2, 0.25) is 0 Å². The molecule has 2 rings (SSSR count). The molecule has 0 aliphatic carbocycles. The van der Waals surface area contributed by atoms with E-state index >= 15 is 0 Å². The van der Waals surface area contributed by atoms with Gasteiger partial charge in [-0.05, 0) is 50.0 Å². The normalized spacial score (nSPS) is 26.1. The van der Waals surface area contributed by atoms with E-state index in [1.165, 1.54) is 18.6 Å². The average molecular weight is 236 g/mol. The van der Waals surface area contributed by atoms with Crippen LogP contribution in [0.5, 0.6) is 0 Å². The Morgan fingerprint density at radius 3 is 2.71 bits per heavy atom. The monoisotopic (exact) mass is 236 g/mol. The molecule has 1 aromatic carbocycles. The van der Waals surface area contributed by atoms with E-state index in [1.54, 1.807) is 0 Å². The highest BCUT2D eigenvalue weighted by Crippen LogP contribution is 2.30. The predicted molar refractivity (Wildman–Crippen MR) is 68.2 cm³/mol. The number of hydrogen-bond donors (Lipinski definition) is 1. The van der Waals surface area contributed by atoms with Crippen LogP contribution < -0.4 is 5.73 Å². The van der Waals surface area contributed by atoms with Crippen LogP contribution in [-0.2, 0) is 0 Å². The maximum Gasteiger partial charge on any atom is 0.123 e. The van der Waals surface area contributed by atoms with E-state index in [0.717, 1.165) is 31.5 Å². The Bertz CT molecular complexity index is 348. The molecule has 2 atom stereocenters. The van der Waals surface area contributed by atoms with Crippen LogP contribution in [0.25, 0.3) is 0 Å². The Morgan fingerprint density at radius 1 is 1.35 bits per heavy atom. The number of hydrogen-bond acceptors (Lipinski definition) is 2. The minimum Gasteiger partial charge on any atom is -0.326 e. The summed E-state index contributed by atoms with van der Waals surface area (Å²) in [5.74, 6) is -0.180. The van der Waals surface area contributed by atoms with Gasteiger partial charge in [0.05, 0.1) is 0 Å². The van der Waals surface area contributed by atoms with Gasteiger partial charge in [-0.15, -0.1) is 0 Å². The third kappa shape index (κ3) is 2.85. The van der Waals surface area contributed by atoms with Gasteiger partial charge >= 0.3 is 0 Å². The quantitative estimate of drug-likeness (QED) is 0.874. The number of piperidine rings is 1. The van der Waals surface area contributed by atoms with Crippen LogP contribution in [0.2, 0.25) is 0 Å². The predicted octanol–water partition coefficient (Wildman–Crippen LogP) is 2.70. The largest absolute Gasteiger partial charge is 0.326 e. The molecule has 0 spiro atoms. The minimum atomic E-state index is -0.180. The fraction of sp³-hybridized carbons (Fsp3) is 0.571. The molecule has 2 nitrogen and oxygen atoms in total. The molecule has 94 valence electrons. The van der Waals surface area contributed by atoms with E-state index in [2.05, 4.69) is 11.8 Å². The summed E-state index contributed by atoms with van der Waals surface area (Å²) in [5.41, 5.74) is 7.38. The summed E-state index contributed by atoms with van der Waals surface area (Å²) in [6.45, 7) is 4.35. The molecule has 0 amide bonds. The fourth-order valence-corrected chi connectivity index (χ4v) is 2.75. The molecule has 0 radical (unpaired) electrons. The molecule has 0 bridgehead atoms. The molecule has 3 heteroatoms. The molecule has 1 heterocycles. The maximum absolute atomic E-state index is 13.0. The molecule has 0 saturated carbocycles. The zero-order chi connectivity index (χ0) is 12.3. The summed E-state index contributed by atoms with van der Waals surface area (Å²) in [6.07, 6.45) is 3.35. The lowest BCUT2D eigenvalue weighted by molar-refractivity contribution is 0.128. The molecule has 2 N–H and O–H groups in total. The topological polar surface area (TPSA) is 29.3 Å².